The van der Waals surface area contributed by atoms with Crippen molar-refractivity contribution < 1.29 is 14.7 Å². The van der Waals surface area contributed by atoms with Crippen molar-refractivity contribution in [2.45, 2.75) is 44.6 Å². The number of carbonyl (C=O) groups is 2. The van der Waals surface area contributed by atoms with E-state index in [4.69, 9.17) is 5.11 Å². The van der Waals surface area contributed by atoms with Crippen molar-refractivity contribution in [3.05, 3.63) is 35.4 Å². The number of rotatable bonds is 5. The van der Waals surface area contributed by atoms with Crippen molar-refractivity contribution in [3.63, 3.8) is 0 Å². The second-order valence-corrected chi connectivity index (χ2v) is 5.05. The van der Waals surface area contributed by atoms with Crippen LogP contribution in [0.5, 0.6) is 0 Å². The van der Waals surface area contributed by atoms with Crippen LogP contribution in [0.1, 0.15) is 48.0 Å². The van der Waals surface area contributed by atoms with Crippen LogP contribution in [0.3, 0.4) is 0 Å². The number of benzene rings is 1. The highest BCUT2D eigenvalue weighted by atomic mass is 16.4. The molecule has 2 N–H and O–H groups in total. The largest absolute Gasteiger partial charge is 0.478 e. The van der Waals surface area contributed by atoms with E-state index in [1.54, 1.807) is 24.3 Å². The first-order valence-corrected chi connectivity index (χ1v) is 6.77. The third-order valence-corrected chi connectivity index (χ3v) is 3.56. The maximum Gasteiger partial charge on any atom is 0.335 e. The molecule has 1 aromatic rings. The molecule has 1 amide bonds. The molecule has 1 aromatic carbocycles. The number of carbonyl (C=O) groups excluding carboxylic acids is 1. The Morgan fingerprint density at radius 2 is 1.79 bits per heavy atom. The Morgan fingerprint density at radius 1 is 1.16 bits per heavy atom. The van der Waals surface area contributed by atoms with Crippen LogP contribution >= 0.6 is 0 Å². The zero-order chi connectivity index (χ0) is 13.7. The molecule has 0 heterocycles. The van der Waals surface area contributed by atoms with E-state index >= 15 is 0 Å². The second-order valence-electron chi connectivity index (χ2n) is 5.05. The van der Waals surface area contributed by atoms with Crippen LogP contribution in [0, 0.1) is 0 Å². The van der Waals surface area contributed by atoms with E-state index in [9.17, 15) is 9.59 Å². The van der Waals surface area contributed by atoms with Crippen molar-refractivity contribution in [1.82, 2.24) is 5.32 Å². The molecule has 1 fully saturated rings. The summed E-state index contributed by atoms with van der Waals surface area (Å²) in [7, 11) is 0. The number of carboxylic acids is 1. The monoisotopic (exact) mass is 261 g/mol. The van der Waals surface area contributed by atoms with Crippen molar-refractivity contribution in [2.75, 3.05) is 0 Å². The summed E-state index contributed by atoms with van der Waals surface area (Å²) in [5, 5.41) is 11.8. The van der Waals surface area contributed by atoms with Crippen LogP contribution < -0.4 is 5.32 Å². The molecule has 0 unspecified atom stereocenters. The van der Waals surface area contributed by atoms with E-state index in [1.165, 1.54) is 12.8 Å². The molecule has 0 saturated heterocycles. The molecule has 4 nitrogen and oxygen atoms in total. The topological polar surface area (TPSA) is 66.4 Å². The lowest BCUT2D eigenvalue weighted by molar-refractivity contribution is -0.121. The van der Waals surface area contributed by atoms with Gasteiger partial charge in [-0.05, 0) is 37.0 Å². The van der Waals surface area contributed by atoms with Gasteiger partial charge in [0.1, 0.15) is 0 Å². The van der Waals surface area contributed by atoms with Gasteiger partial charge in [0.2, 0.25) is 5.91 Å². The van der Waals surface area contributed by atoms with Gasteiger partial charge in [0.25, 0.3) is 0 Å². The summed E-state index contributed by atoms with van der Waals surface area (Å²) in [5.74, 6) is -0.834. The summed E-state index contributed by atoms with van der Waals surface area (Å²) < 4.78 is 0. The van der Waals surface area contributed by atoms with Gasteiger partial charge in [0.05, 0.1) is 5.56 Å². The molecule has 4 heteroatoms. The summed E-state index contributed by atoms with van der Waals surface area (Å²) in [4.78, 5) is 22.4. The fourth-order valence-electron chi connectivity index (χ4n) is 2.44. The molecular formula is C15H19NO3. The highest BCUT2D eigenvalue weighted by molar-refractivity contribution is 5.87. The highest BCUT2D eigenvalue weighted by Crippen LogP contribution is 2.17. The number of carboxylic acid groups (broad SMARTS) is 1. The van der Waals surface area contributed by atoms with E-state index in [-0.39, 0.29) is 11.5 Å². The van der Waals surface area contributed by atoms with Gasteiger partial charge in [-0.25, -0.2) is 4.79 Å². The molecule has 0 spiro atoms. The Hall–Kier alpha value is -1.84. The Bertz CT molecular complexity index is 447. The predicted molar refractivity (Wildman–Crippen MR) is 72.1 cm³/mol. The smallest absolute Gasteiger partial charge is 0.335 e. The number of aromatic carboxylic acids is 1. The third-order valence-electron chi connectivity index (χ3n) is 3.56. The normalized spacial score (nSPS) is 15.4. The van der Waals surface area contributed by atoms with Crippen LogP contribution in [0.15, 0.2) is 24.3 Å². The Kier molecular flexibility index (Phi) is 4.55. The molecule has 102 valence electrons. The van der Waals surface area contributed by atoms with Crippen LogP contribution in [0.2, 0.25) is 0 Å². The summed E-state index contributed by atoms with van der Waals surface area (Å²) in [6.07, 6.45) is 5.72. The first kappa shape index (κ1) is 13.6. The zero-order valence-electron chi connectivity index (χ0n) is 10.9. The average Bonchev–Trinajstić information content (AvgIpc) is 2.89. The average molecular weight is 261 g/mol. The zero-order valence-corrected chi connectivity index (χ0v) is 10.9. The van der Waals surface area contributed by atoms with Gasteiger partial charge >= 0.3 is 5.97 Å². The van der Waals surface area contributed by atoms with Crippen LogP contribution in [0.25, 0.3) is 0 Å². The fourth-order valence-corrected chi connectivity index (χ4v) is 2.44. The van der Waals surface area contributed by atoms with Gasteiger partial charge < -0.3 is 10.4 Å². The van der Waals surface area contributed by atoms with Crippen LogP contribution in [0.4, 0.5) is 0 Å². The summed E-state index contributed by atoms with van der Waals surface area (Å²) in [5.41, 5.74) is 1.27. The Balaban J connectivity index is 1.77. The lowest BCUT2D eigenvalue weighted by atomic mass is 10.1. The van der Waals surface area contributed by atoms with Gasteiger partial charge in [0.15, 0.2) is 0 Å². The van der Waals surface area contributed by atoms with Gasteiger partial charge in [-0.1, -0.05) is 25.0 Å². The van der Waals surface area contributed by atoms with Crippen molar-refractivity contribution in [2.24, 2.45) is 0 Å². The minimum absolute atomic E-state index is 0.0919. The van der Waals surface area contributed by atoms with Crippen molar-refractivity contribution in [1.29, 1.82) is 0 Å². The van der Waals surface area contributed by atoms with Crippen molar-refractivity contribution in [3.8, 4) is 0 Å². The van der Waals surface area contributed by atoms with Gasteiger partial charge in [0, 0.05) is 12.5 Å². The van der Waals surface area contributed by atoms with Crippen LogP contribution in [-0.4, -0.2) is 23.0 Å². The third kappa shape index (κ3) is 4.09. The summed E-state index contributed by atoms with van der Waals surface area (Å²) >= 11 is 0. The second kappa shape index (κ2) is 6.36. The molecule has 2 rings (SSSR count). The highest BCUT2D eigenvalue weighted by Gasteiger charge is 2.16. The van der Waals surface area contributed by atoms with Crippen LogP contribution in [-0.2, 0) is 11.2 Å². The quantitative estimate of drug-likeness (QED) is 0.855. The molecule has 0 atom stereocenters. The van der Waals surface area contributed by atoms with E-state index in [1.807, 2.05) is 0 Å². The molecule has 0 aromatic heterocycles. The first-order valence-electron chi connectivity index (χ1n) is 6.77. The van der Waals surface area contributed by atoms with Crippen molar-refractivity contribution >= 4 is 11.9 Å². The molecule has 1 aliphatic rings. The fraction of sp³-hybridized carbons (Fsp3) is 0.467. The molecule has 1 aliphatic carbocycles. The molecule has 19 heavy (non-hydrogen) atoms. The maximum atomic E-state index is 11.7. The SMILES string of the molecule is O=C(CCc1ccc(C(=O)O)cc1)NC1CCCC1. The predicted octanol–water partition coefficient (Wildman–Crippen LogP) is 2.38. The summed E-state index contributed by atoms with van der Waals surface area (Å²) in [6, 6.07) is 7.06. The Morgan fingerprint density at radius 3 is 2.37 bits per heavy atom. The lowest BCUT2D eigenvalue weighted by Gasteiger charge is -2.11. The maximum absolute atomic E-state index is 11.7. The number of amides is 1. The number of hydrogen-bond acceptors (Lipinski definition) is 2. The van der Waals surface area contributed by atoms with E-state index < -0.39 is 5.97 Å². The number of nitrogens with one attached hydrogen (secondary N) is 1. The van der Waals surface area contributed by atoms with Gasteiger partial charge in [-0.15, -0.1) is 0 Å². The number of hydrogen-bond donors (Lipinski definition) is 2. The summed E-state index contributed by atoms with van der Waals surface area (Å²) in [6.45, 7) is 0. The van der Waals surface area contributed by atoms with Gasteiger partial charge in [-0.3, -0.25) is 4.79 Å². The molecular weight excluding hydrogens is 242 g/mol. The standard InChI is InChI=1S/C15H19NO3/c17-14(16-13-3-1-2-4-13)10-7-11-5-8-12(9-6-11)15(18)19/h5-6,8-9,13H,1-4,7,10H2,(H,16,17)(H,18,19). The van der Waals surface area contributed by atoms with Gasteiger partial charge in [-0.2, -0.15) is 0 Å². The number of aryl methyl sites for hydroxylation is 1. The molecule has 0 bridgehead atoms. The molecule has 0 aliphatic heterocycles. The van der Waals surface area contributed by atoms with E-state index in [2.05, 4.69) is 5.32 Å². The van der Waals surface area contributed by atoms with E-state index in [0.717, 1.165) is 18.4 Å². The minimum Gasteiger partial charge on any atom is -0.478 e. The first-order chi connectivity index (χ1) is 9.15. The van der Waals surface area contributed by atoms with E-state index in [0.29, 0.717) is 18.9 Å². The molecule has 1 saturated carbocycles. The lowest BCUT2D eigenvalue weighted by Crippen LogP contribution is -2.32. The Labute approximate surface area is 112 Å². The minimum atomic E-state index is -0.925. The molecule has 0 radical (unpaired) electrons.